The van der Waals surface area contributed by atoms with Gasteiger partial charge < -0.3 is 10.1 Å². The van der Waals surface area contributed by atoms with Crippen LogP contribution in [0.3, 0.4) is 0 Å². The van der Waals surface area contributed by atoms with E-state index in [0.717, 1.165) is 44.3 Å². The molecule has 0 aliphatic carbocycles. The van der Waals surface area contributed by atoms with Crippen LogP contribution in [0.2, 0.25) is 0 Å². The number of nitrogens with one attached hydrogen (secondary N) is 1. The Morgan fingerprint density at radius 2 is 2.26 bits per heavy atom. The second-order valence-electron chi connectivity index (χ2n) is 4.89. The first-order valence-electron chi connectivity index (χ1n) is 7.20. The van der Waals surface area contributed by atoms with Gasteiger partial charge >= 0.3 is 0 Å². The normalized spacial score (nSPS) is 19.0. The summed E-state index contributed by atoms with van der Waals surface area (Å²) < 4.78 is 5.69. The molecule has 1 aromatic rings. The molecule has 1 unspecified atom stereocenters. The zero-order chi connectivity index (χ0) is 13.5. The molecule has 2 rings (SSSR count). The third-order valence-corrected chi connectivity index (χ3v) is 3.38. The van der Waals surface area contributed by atoms with E-state index in [1.54, 1.807) is 6.20 Å². The molecular weight excluding hydrogens is 240 g/mol. The van der Waals surface area contributed by atoms with Crippen molar-refractivity contribution in [1.29, 1.82) is 0 Å². The summed E-state index contributed by atoms with van der Waals surface area (Å²) in [6, 6.07) is 0. The number of hydrogen-bond acceptors (Lipinski definition) is 5. The number of anilines is 1. The molecule has 0 amide bonds. The fourth-order valence-electron chi connectivity index (χ4n) is 2.32. The number of likely N-dealkylation sites (N-methyl/N-ethyl adjacent to an activating group) is 1. The number of rotatable bonds is 7. The van der Waals surface area contributed by atoms with E-state index in [2.05, 4.69) is 34.0 Å². The fourth-order valence-corrected chi connectivity index (χ4v) is 2.32. The van der Waals surface area contributed by atoms with E-state index in [9.17, 15) is 0 Å². The largest absolute Gasteiger partial charge is 0.377 e. The summed E-state index contributed by atoms with van der Waals surface area (Å²) in [5.41, 5.74) is 1.02. The molecule has 106 valence electrons. The van der Waals surface area contributed by atoms with Crippen molar-refractivity contribution in [2.45, 2.75) is 39.3 Å². The van der Waals surface area contributed by atoms with Gasteiger partial charge in [-0.3, -0.25) is 9.88 Å². The molecule has 5 heteroatoms. The average Bonchev–Trinajstić information content (AvgIpc) is 2.93. The Bertz CT molecular complexity index is 362. The summed E-state index contributed by atoms with van der Waals surface area (Å²) in [6.45, 7) is 8.86. The molecule has 5 nitrogen and oxygen atoms in total. The Morgan fingerprint density at radius 3 is 2.84 bits per heavy atom. The summed E-state index contributed by atoms with van der Waals surface area (Å²) in [5, 5.41) is 3.15. The topological polar surface area (TPSA) is 50.3 Å². The second-order valence-corrected chi connectivity index (χ2v) is 4.89. The highest BCUT2D eigenvalue weighted by atomic mass is 16.5. The lowest BCUT2D eigenvalue weighted by molar-refractivity contribution is 0.0720. The van der Waals surface area contributed by atoms with Crippen LogP contribution in [0, 0.1) is 0 Å². The Labute approximate surface area is 115 Å². The first kappa shape index (κ1) is 14.2. The zero-order valence-corrected chi connectivity index (χ0v) is 11.9. The minimum atomic E-state index is 0.397. The average molecular weight is 264 g/mol. The molecule has 1 aromatic heterocycles. The van der Waals surface area contributed by atoms with Gasteiger partial charge in [-0.2, -0.15) is 0 Å². The molecule has 0 saturated carbocycles. The van der Waals surface area contributed by atoms with Gasteiger partial charge in [0.05, 0.1) is 24.2 Å². The van der Waals surface area contributed by atoms with Gasteiger partial charge in [0.1, 0.15) is 5.82 Å². The van der Waals surface area contributed by atoms with Crippen molar-refractivity contribution in [3.63, 3.8) is 0 Å². The molecular formula is C14H24N4O. The fraction of sp³-hybridized carbons (Fsp3) is 0.714. The van der Waals surface area contributed by atoms with Gasteiger partial charge in [0.25, 0.3) is 0 Å². The van der Waals surface area contributed by atoms with Crippen LogP contribution in [0.4, 0.5) is 5.82 Å². The second kappa shape index (κ2) is 7.40. The molecule has 1 atom stereocenters. The van der Waals surface area contributed by atoms with Crippen molar-refractivity contribution >= 4 is 5.82 Å². The maximum absolute atomic E-state index is 5.69. The molecule has 2 heterocycles. The van der Waals surface area contributed by atoms with Crippen molar-refractivity contribution < 1.29 is 4.74 Å². The first-order valence-corrected chi connectivity index (χ1v) is 7.20. The molecule has 1 N–H and O–H groups in total. The summed E-state index contributed by atoms with van der Waals surface area (Å²) in [6.07, 6.45) is 6.43. The molecule has 0 bridgehead atoms. The molecule has 1 aliphatic heterocycles. The molecule has 0 aromatic carbocycles. The molecule has 0 spiro atoms. The number of aromatic nitrogens is 2. The lowest BCUT2D eigenvalue weighted by atomic mass is 10.2. The van der Waals surface area contributed by atoms with Crippen LogP contribution in [0.1, 0.15) is 32.4 Å². The van der Waals surface area contributed by atoms with Gasteiger partial charge in [0.2, 0.25) is 0 Å². The number of nitrogens with zero attached hydrogens (tertiary/aromatic N) is 3. The maximum Gasteiger partial charge on any atom is 0.144 e. The van der Waals surface area contributed by atoms with Gasteiger partial charge in [-0.1, -0.05) is 6.92 Å². The molecule has 0 radical (unpaired) electrons. The quantitative estimate of drug-likeness (QED) is 0.815. The third-order valence-electron chi connectivity index (χ3n) is 3.38. The molecule has 1 fully saturated rings. The Hall–Kier alpha value is -1.20. The van der Waals surface area contributed by atoms with Crippen molar-refractivity contribution in [2.24, 2.45) is 0 Å². The molecule has 1 aliphatic rings. The predicted octanol–water partition coefficient (Wildman–Crippen LogP) is 1.91. The first-order chi connectivity index (χ1) is 9.31. The Kier molecular flexibility index (Phi) is 5.54. The minimum Gasteiger partial charge on any atom is -0.377 e. The van der Waals surface area contributed by atoms with E-state index in [1.165, 1.54) is 12.8 Å². The van der Waals surface area contributed by atoms with Crippen LogP contribution in [-0.2, 0) is 11.3 Å². The highest BCUT2D eigenvalue weighted by Gasteiger charge is 2.18. The van der Waals surface area contributed by atoms with Crippen molar-refractivity contribution in [3.8, 4) is 0 Å². The lowest BCUT2D eigenvalue weighted by Crippen LogP contribution is -2.32. The summed E-state index contributed by atoms with van der Waals surface area (Å²) in [4.78, 5) is 11.2. The van der Waals surface area contributed by atoms with Gasteiger partial charge in [-0.15, -0.1) is 0 Å². The third kappa shape index (κ3) is 4.44. The Balaban J connectivity index is 1.86. The van der Waals surface area contributed by atoms with Crippen LogP contribution >= 0.6 is 0 Å². The van der Waals surface area contributed by atoms with Crippen molar-refractivity contribution in [1.82, 2.24) is 14.9 Å². The Morgan fingerprint density at radius 1 is 1.37 bits per heavy atom. The monoisotopic (exact) mass is 264 g/mol. The highest BCUT2D eigenvalue weighted by molar-refractivity contribution is 5.30. The SMILES string of the molecule is CCNc1cnc(CN(CC)CC2CCCO2)cn1. The van der Waals surface area contributed by atoms with Crippen molar-refractivity contribution in [2.75, 3.05) is 31.6 Å². The number of hydrogen-bond donors (Lipinski definition) is 1. The van der Waals surface area contributed by atoms with Crippen LogP contribution in [0.15, 0.2) is 12.4 Å². The van der Waals surface area contributed by atoms with Gasteiger partial charge in [0, 0.05) is 26.2 Å². The minimum absolute atomic E-state index is 0.397. The van der Waals surface area contributed by atoms with Crippen LogP contribution in [0.5, 0.6) is 0 Å². The highest BCUT2D eigenvalue weighted by Crippen LogP contribution is 2.14. The van der Waals surface area contributed by atoms with E-state index in [0.29, 0.717) is 6.10 Å². The van der Waals surface area contributed by atoms with Crippen LogP contribution in [-0.4, -0.2) is 47.2 Å². The summed E-state index contributed by atoms with van der Waals surface area (Å²) in [7, 11) is 0. The van der Waals surface area contributed by atoms with E-state index in [1.807, 2.05) is 6.20 Å². The molecule has 1 saturated heterocycles. The van der Waals surface area contributed by atoms with Crippen LogP contribution < -0.4 is 5.32 Å². The predicted molar refractivity (Wildman–Crippen MR) is 76.1 cm³/mol. The zero-order valence-electron chi connectivity index (χ0n) is 11.9. The number of ether oxygens (including phenoxy) is 1. The smallest absolute Gasteiger partial charge is 0.144 e. The van der Waals surface area contributed by atoms with Crippen molar-refractivity contribution in [3.05, 3.63) is 18.1 Å². The molecule has 19 heavy (non-hydrogen) atoms. The van der Waals surface area contributed by atoms with Crippen LogP contribution in [0.25, 0.3) is 0 Å². The van der Waals surface area contributed by atoms with Gasteiger partial charge in [0.15, 0.2) is 0 Å². The summed E-state index contributed by atoms with van der Waals surface area (Å²) >= 11 is 0. The van der Waals surface area contributed by atoms with Gasteiger partial charge in [-0.05, 0) is 26.3 Å². The van der Waals surface area contributed by atoms with E-state index < -0.39 is 0 Å². The summed E-state index contributed by atoms with van der Waals surface area (Å²) in [5.74, 6) is 0.841. The van der Waals surface area contributed by atoms with E-state index in [4.69, 9.17) is 4.74 Å². The van der Waals surface area contributed by atoms with E-state index >= 15 is 0 Å². The maximum atomic E-state index is 5.69. The van der Waals surface area contributed by atoms with E-state index in [-0.39, 0.29) is 0 Å². The lowest BCUT2D eigenvalue weighted by Gasteiger charge is -2.23. The van der Waals surface area contributed by atoms with Gasteiger partial charge in [-0.25, -0.2) is 4.98 Å². The standard InChI is InChI=1S/C14H24N4O/c1-3-15-14-9-16-12(8-17-14)10-18(4-2)11-13-6-5-7-19-13/h8-9,13H,3-7,10-11H2,1-2H3,(H,15,17).